The first-order valence-electron chi connectivity index (χ1n) is 8.31. The fourth-order valence-electron chi connectivity index (χ4n) is 2.93. The molecule has 2 aromatic carbocycles. The van der Waals surface area contributed by atoms with Gasteiger partial charge in [0.1, 0.15) is 0 Å². The largest absolute Gasteiger partial charge is 0.346 e. The minimum Gasteiger partial charge on any atom is -0.346 e. The number of nitrogens with zero attached hydrogens (tertiary/aromatic N) is 1. The third-order valence-electron chi connectivity index (χ3n) is 4.16. The van der Waals surface area contributed by atoms with Crippen LogP contribution in [0.2, 0.25) is 5.02 Å². The van der Waals surface area contributed by atoms with Gasteiger partial charge < -0.3 is 4.57 Å². The molecule has 0 unspecified atom stereocenters. The van der Waals surface area contributed by atoms with Gasteiger partial charge in [0.2, 0.25) is 0 Å². The topological polar surface area (TPSA) is 51.1 Å². The van der Waals surface area contributed by atoms with E-state index in [-0.39, 0.29) is 11.1 Å². The van der Waals surface area contributed by atoms with Crippen molar-refractivity contribution >= 4 is 63.3 Å². The van der Waals surface area contributed by atoms with Crippen molar-refractivity contribution in [2.75, 3.05) is 5.75 Å². The fraction of sp³-hybridized carbons (Fsp3) is 0.100. The predicted octanol–water partition coefficient (Wildman–Crippen LogP) is 5.41. The summed E-state index contributed by atoms with van der Waals surface area (Å²) in [5.41, 5.74) is 2.05. The number of benzene rings is 2. The van der Waals surface area contributed by atoms with Crippen LogP contribution in [0.25, 0.3) is 17.0 Å². The number of thioether (sulfide) groups is 2. The minimum atomic E-state index is -0.333. The van der Waals surface area contributed by atoms with Crippen LogP contribution in [0, 0.1) is 0 Å². The van der Waals surface area contributed by atoms with E-state index in [0.717, 1.165) is 45.5 Å². The average Bonchev–Trinajstić information content (AvgIpc) is 3.17. The normalized spacial score (nSPS) is 15.7. The lowest BCUT2D eigenvalue weighted by Crippen LogP contribution is -2.17. The monoisotopic (exact) mass is 414 g/mol. The van der Waals surface area contributed by atoms with Crippen LogP contribution < -0.4 is 5.32 Å². The predicted molar refractivity (Wildman–Crippen MR) is 113 cm³/mol. The van der Waals surface area contributed by atoms with Crippen LogP contribution in [0.1, 0.15) is 5.56 Å². The maximum absolute atomic E-state index is 11.8. The summed E-state index contributed by atoms with van der Waals surface area (Å²) in [5.74, 6) is 0.574. The van der Waals surface area contributed by atoms with Gasteiger partial charge in [-0.3, -0.25) is 14.9 Å². The lowest BCUT2D eigenvalue weighted by molar-refractivity contribution is -0.115. The zero-order chi connectivity index (χ0) is 18.8. The molecule has 136 valence electrons. The average molecular weight is 415 g/mol. The number of carbonyl (C=O) groups is 2. The lowest BCUT2D eigenvalue weighted by Gasteiger charge is -2.05. The number of aromatic nitrogens is 1. The van der Waals surface area contributed by atoms with Crippen LogP contribution in [0.5, 0.6) is 0 Å². The molecule has 4 nitrogen and oxygen atoms in total. The second-order valence-electron chi connectivity index (χ2n) is 5.95. The van der Waals surface area contributed by atoms with E-state index in [9.17, 15) is 9.59 Å². The van der Waals surface area contributed by atoms with Gasteiger partial charge in [-0.2, -0.15) is 0 Å². The number of nitrogens with one attached hydrogen (secondary N) is 1. The third-order valence-corrected chi connectivity index (χ3v) is 6.22. The summed E-state index contributed by atoms with van der Waals surface area (Å²) in [6.07, 6.45) is 3.83. The second kappa shape index (κ2) is 7.84. The van der Waals surface area contributed by atoms with Gasteiger partial charge in [0, 0.05) is 44.9 Å². The van der Waals surface area contributed by atoms with Crippen molar-refractivity contribution in [3.63, 3.8) is 0 Å². The van der Waals surface area contributed by atoms with E-state index in [1.165, 1.54) is 4.90 Å². The molecule has 0 saturated carbocycles. The number of fused-ring (bicyclic) bond motifs is 1. The fourth-order valence-corrected chi connectivity index (χ4v) is 4.58. The summed E-state index contributed by atoms with van der Waals surface area (Å²) in [6, 6.07) is 15.9. The first-order valence-corrected chi connectivity index (χ1v) is 10.5. The molecule has 1 aliphatic rings. The standard InChI is InChI=1S/C20H15ClN2O2S2/c21-14-5-7-15(8-6-14)26-10-9-23-12-13(16-3-1-2-4-17(16)23)11-18-19(24)22-20(25)27-18/h1-8,11-12H,9-10H2,(H,22,24,25)/b18-11+. The van der Waals surface area contributed by atoms with Crippen molar-refractivity contribution < 1.29 is 9.59 Å². The SMILES string of the molecule is O=C1NC(=O)/C(=C\c2cn(CCSc3ccc(Cl)cc3)c3ccccc23)S1. The van der Waals surface area contributed by atoms with Crippen LogP contribution in [0.15, 0.2) is 64.5 Å². The first kappa shape index (κ1) is 18.2. The number of para-hydroxylation sites is 1. The molecule has 1 fully saturated rings. The third kappa shape index (κ3) is 4.08. The molecular formula is C20H15ClN2O2S2. The Morgan fingerprint density at radius 1 is 1.11 bits per heavy atom. The summed E-state index contributed by atoms with van der Waals surface area (Å²) >= 11 is 8.64. The van der Waals surface area contributed by atoms with E-state index in [2.05, 4.69) is 16.0 Å². The Morgan fingerprint density at radius 2 is 1.89 bits per heavy atom. The molecule has 1 N–H and O–H groups in total. The summed E-state index contributed by atoms with van der Waals surface area (Å²) < 4.78 is 2.18. The van der Waals surface area contributed by atoms with Crippen molar-refractivity contribution in [3.05, 3.63) is 70.2 Å². The minimum absolute atomic E-state index is 0.325. The number of imide groups is 1. The maximum atomic E-state index is 11.8. The number of aryl methyl sites for hydroxylation is 1. The van der Waals surface area contributed by atoms with Gasteiger partial charge in [-0.05, 0) is 48.2 Å². The maximum Gasteiger partial charge on any atom is 0.290 e. The lowest BCUT2D eigenvalue weighted by atomic mass is 10.1. The second-order valence-corrected chi connectivity index (χ2v) is 8.57. The smallest absolute Gasteiger partial charge is 0.290 e. The number of hydrogen-bond acceptors (Lipinski definition) is 4. The Hall–Kier alpha value is -2.15. The van der Waals surface area contributed by atoms with E-state index in [1.807, 2.05) is 48.7 Å². The van der Waals surface area contributed by atoms with Gasteiger partial charge in [0.25, 0.3) is 11.1 Å². The van der Waals surface area contributed by atoms with Crippen LogP contribution in [-0.4, -0.2) is 21.5 Å². The van der Waals surface area contributed by atoms with Gasteiger partial charge in [-0.15, -0.1) is 11.8 Å². The number of carbonyl (C=O) groups excluding carboxylic acids is 2. The van der Waals surface area contributed by atoms with Crippen LogP contribution in [0.4, 0.5) is 4.79 Å². The number of hydrogen-bond donors (Lipinski definition) is 1. The first-order chi connectivity index (χ1) is 13.1. The molecule has 2 amide bonds. The Morgan fingerprint density at radius 3 is 2.63 bits per heavy atom. The highest BCUT2D eigenvalue weighted by Crippen LogP contribution is 2.30. The molecule has 1 saturated heterocycles. The zero-order valence-electron chi connectivity index (χ0n) is 14.1. The van der Waals surface area contributed by atoms with Gasteiger partial charge >= 0.3 is 0 Å². The van der Waals surface area contributed by atoms with Crippen molar-refractivity contribution in [3.8, 4) is 0 Å². The van der Waals surface area contributed by atoms with Gasteiger partial charge in [0.15, 0.2) is 0 Å². The summed E-state index contributed by atoms with van der Waals surface area (Å²) in [6.45, 7) is 0.829. The molecule has 0 atom stereocenters. The van der Waals surface area contributed by atoms with Crippen LogP contribution in [-0.2, 0) is 11.3 Å². The zero-order valence-corrected chi connectivity index (χ0v) is 16.5. The van der Waals surface area contributed by atoms with E-state index in [0.29, 0.717) is 4.91 Å². The quantitative estimate of drug-likeness (QED) is 0.448. The molecule has 1 aliphatic heterocycles. The number of halogens is 1. The molecule has 0 aliphatic carbocycles. The Kier molecular flexibility index (Phi) is 5.29. The van der Waals surface area contributed by atoms with Crippen molar-refractivity contribution in [2.45, 2.75) is 11.4 Å². The van der Waals surface area contributed by atoms with Crippen LogP contribution in [0.3, 0.4) is 0 Å². The molecule has 0 bridgehead atoms. The Balaban J connectivity index is 1.56. The molecule has 7 heteroatoms. The Bertz CT molecular complexity index is 1060. The van der Waals surface area contributed by atoms with E-state index < -0.39 is 0 Å². The summed E-state index contributed by atoms with van der Waals surface area (Å²) in [4.78, 5) is 24.8. The number of rotatable bonds is 5. The molecule has 0 radical (unpaired) electrons. The molecular weight excluding hydrogens is 400 g/mol. The highest BCUT2D eigenvalue weighted by Gasteiger charge is 2.25. The van der Waals surface area contributed by atoms with Crippen molar-refractivity contribution in [1.29, 1.82) is 0 Å². The summed E-state index contributed by atoms with van der Waals surface area (Å²) in [5, 5.41) is 3.77. The molecule has 4 rings (SSSR count). The Labute approximate surface area is 170 Å². The van der Waals surface area contributed by atoms with Crippen molar-refractivity contribution in [1.82, 2.24) is 9.88 Å². The van der Waals surface area contributed by atoms with Crippen molar-refractivity contribution in [2.24, 2.45) is 0 Å². The highest BCUT2D eigenvalue weighted by molar-refractivity contribution is 8.18. The highest BCUT2D eigenvalue weighted by atomic mass is 35.5. The molecule has 0 spiro atoms. The summed E-state index contributed by atoms with van der Waals surface area (Å²) in [7, 11) is 0. The van der Waals surface area contributed by atoms with Crippen LogP contribution >= 0.6 is 35.1 Å². The molecule has 1 aromatic heterocycles. The molecule has 2 heterocycles. The number of amides is 2. The molecule has 3 aromatic rings. The van der Waals surface area contributed by atoms with E-state index in [1.54, 1.807) is 17.8 Å². The van der Waals surface area contributed by atoms with Gasteiger partial charge in [0.05, 0.1) is 4.91 Å². The molecule has 27 heavy (non-hydrogen) atoms. The van der Waals surface area contributed by atoms with Gasteiger partial charge in [-0.25, -0.2) is 0 Å². The van der Waals surface area contributed by atoms with E-state index in [4.69, 9.17) is 11.6 Å². The van der Waals surface area contributed by atoms with E-state index >= 15 is 0 Å². The van der Waals surface area contributed by atoms with Gasteiger partial charge in [-0.1, -0.05) is 29.8 Å².